The van der Waals surface area contributed by atoms with E-state index in [1.807, 2.05) is 7.05 Å². The molecule has 1 heterocycles. The first-order chi connectivity index (χ1) is 7.65. The fourth-order valence-electron chi connectivity index (χ4n) is 1.30. The summed E-state index contributed by atoms with van der Waals surface area (Å²) in [5.41, 5.74) is 0. The van der Waals surface area contributed by atoms with Gasteiger partial charge in [-0.3, -0.25) is 4.79 Å². The zero-order valence-corrected chi connectivity index (χ0v) is 10.6. The smallest absolute Gasteiger partial charge is 0.313 e. The van der Waals surface area contributed by atoms with Crippen LogP contribution in [0.4, 0.5) is 5.13 Å². The van der Waals surface area contributed by atoms with Crippen LogP contribution in [0.2, 0.25) is 0 Å². The van der Waals surface area contributed by atoms with Crippen molar-refractivity contribution in [2.75, 3.05) is 24.2 Å². The van der Waals surface area contributed by atoms with Gasteiger partial charge in [0.25, 0.3) is 0 Å². The molecule has 1 aliphatic carbocycles. The summed E-state index contributed by atoms with van der Waals surface area (Å²) in [7, 11) is 2.00. The number of aliphatic carboxylic acids is 1. The third-order valence-electron chi connectivity index (χ3n) is 2.27. The molecule has 5 nitrogen and oxygen atoms in total. The van der Waals surface area contributed by atoms with Crippen molar-refractivity contribution in [3.05, 3.63) is 0 Å². The summed E-state index contributed by atoms with van der Waals surface area (Å²) in [5.74, 6) is 0.0261. The van der Waals surface area contributed by atoms with Gasteiger partial charge in [-0.25, -0.2) is 0 Å². The number of hydrogen-bond acceptors (Lipinski definition) is 6. The zero-order chi connectivity index (χ0) is 11.5. The number of carboxylic acid groups (broad SMARTS) is 1. The average Bonchev–Trinajstić information content (AvgIpc) is 2.92. The van der Waals surface area contributed by atoms with Gasteiger partial charge in [-0.05, 0) is 18.8 Å². The predicted molar refractivity (Wildman–Crippen MR) is 64.3 cm³/mol. The van der Waals surface area contributed by atoms with Gasteiger partial charge in [-0.15, -0.1) is 10.2 Å². The molecule has 1 fully saturated rings. The van der Waals surface area contributed by atoms with Gasteiger partial charge in [0.2, 0.25) is 5.13 Å². The Morgan fingerprint density at radius 3 is 3.00 bits per heavy atom. The Kier molecular flexibility index (Phi) is 3.65. The molecule has 16 heavy (non-hydrogen) atoms. The maximum absolute atomic E-state index is 10.4. The highest BCUT2D eigenvalue weighted by Gasteiger charge is 2.24. The summed E-state index contributed by atoms with van der Waals surface area (Å²) in [6.45, 7) is 1.03. The van der Waals surface area contributed by atoms with Crippen molar-refractivity contribution in [2.45, 2.75) is 17.2 Å². The first-order valence-corrected chi connectivity index (χ1v) is 6.84. The van der Waals surface area contributed by atoms with Gasteiger partial charge in [0.15, 0.2) is 4.34 Å². The van der Waals surface area contributed by atoms with Gasteiger partial charge < -0.3 is 10.0 Å². The molecule has 1 aromatic rings. The SMILES string of the molecule is CN(CC1CC1)c1nnc(SCC(=O)O)s1. The monoisotopic (exact) mass is 259 g/mol. The highest BCUT2D eigenvalue weighted by Crippen LogP contribution is 2.33. The van der Waals surface area contributed by atoms with Crippen molar-refractivity contribution >= 4 is 34.2 Å². The summed E-state index contributed by atoms with van der Waals surface area (Å²) < 4.78 is 0.722. The quantitative estimate of drug-likeness (QED) is 0.782. The van der Waals surface area contributed by atoms with Crippen LogP contribution < -0.4 is 4.90 Å². The van der Waals surface area contributed by atoms with Crippen molar-refractivity contribution in [1.29, 1.82) is 0 Å². The van der Waals surface area contributed by atoms with Crippen molar-refractivity contribution in [1.82, 2.24) is 10.2 Å². The Morgan fingerprint density at radius 1 is 1.62 bits per heavy atom. The van der Waals surface area contributed by atoms with E-state index in [0.717, 1.165) is 21.9 Å². The second-order valence-corrected chi connectivity index (χ2v) is 6.04. The van der Waals surface area contributed by atoms with Crippen LogP contribution in [-0.2, 0) is 4.79 Å². The Labute approximate surface area is 102 Å². The Morgan fingerprint density at radius 2 is 2.38 bits per heavy atom. The maximum Gasteiger partial charge on any atom is 0.313 e. The normalized spacial score (nSPS) is 15.1. The zero-order valence-electron chi connectivity index (χ0n) is 8.92. The van der Waals surface area contributed by atoms with E-state index in [4.69, 9.17) is 5.11 Å². The number of carbonyl (C=O) groups is 1. The van der Waals surface area contributed by atoms with E-state index >= 15 is 0 Å². The Bertz CT molecular complexity index is 379. The topological polar surface area (TPSA) is 66.3 Å². The number of nitrogens with zero attached hydrogens (tertiary/aromatic N) is 3. The molecule has 0 aromatic carbocycles. The molecule has 0 radical (unpaired) electrons. The lowest BCUT2D eigenvalue weighted by atomic mass is 10.4. The van der Waals surface area contributed by atoms with E-state index in [-0.39, 0.29) is 5.75 Å². The highest BCUT2D eigenvalue weighted by atomic mass is 32.2. The summed E-state index contributed by atoms with van der Waals surface area (Å²) in [5, 5.41) is 17.4. The largest absolute Gasteiger partial charge is 0.481 e. The summed E-state index contributed by atoms with van der Waals surface area (Å²) >= 11 is 2.68. The first kappa shape index (κ1) is 11.7. The number of thioether (sulfide) groups is 1. The van der Waals surface area contributed by atoms with Crippen LogP contribution in [0.1, 0.15) is 12.8 Å². The minimum atomic E-state index is -0.826. The number of aromatic nitrogens is 2. The summed E-state index contributed by atoms with van der Waals surface area (Å²) in [4.78, 5) is 12.5. The molecule has 1 aliphatic rings. The van der Waals surface area contributed by atoms with E-state index < -0.39 is 5.97 Å². The standard InChI is InChI=1S/C9H13N3O2S2/c1-12(4-6-2-3-6)8-10-11-9(16-8)15-5-7(13)14/h6H,2-5H2,1H3,(H,13,14). The molecule has 1 N–H and O–H groups in total. The molecule has 0 unspecified atom stereocenters. The minimum absolute atomic E-state index is 0.0426. The molecule has 0 bridgehead atoms. The van der Waals surface area contributed by atoms with Crippen LogP contribution in [0.15, 0.2) is 4.34 Å². The molecule has 0 saturated heterocycles. The lowest BCUT2D eigenvalue weighted by Gasteiger charge is -2.13. The Balaban J connectivity index is 1.87. The van der Waals surface area contributed by atoms with Gasteiger partial charge in [0, 0.05) is 13.6 Å². The second-order valence-electron chi connectivity index (χ2n) is 3.86. The third-order valence-corrected chi connectivity index (χ3v) is 4.43. The van der Waals surface area contributed by atoms with Crippen LogP contribution >= 0.6 is 23.1 Å². The van der Waals surface area contributed by atoms with Gasteiger partial charge in [-0.2, -0.15) is 0 Å². The number of carboxylic acids is 1. The van der Waals surface area contributed by atoms with Crippen LogP contribution in [0, 0.1) is 5.92 Å². The molecular weight excluding hydrogens is 246 g/mol. The Hall–Kier alpha value is -0.820. The van der Waals surface area contributed by atoms with E-state index in [9.17, 15) is 4.79 Å². The van der Waals surface area contributed by atoms with E-state index in [1.165, 1.54) is 35.9 Å². The van der Waals surface area contributed by atoms with Crippen LogP contribution in [0.25, 0.3) is 0 Å². The maximum atomic E-state index is 10.4. The summed E-state index contributed by atoms with van der Waals surface area (Å²) in [6, 6.07) is 0. The second kappa shape index (κ2) is 5.01. The fourth-order valence-corrected chi connectivity index (χ4v) is 2.84. The van der Waals surface area contributed by atoms with Crippen LogP contribution in [0.5, 0.6) is 0 Å². The van der Waals surface area contributed by atoms with Crippen molar-refractivity contribution in [2.24, 2.45) is 5.92 Å². The molecule has 0 amide bonds. The van der Waals surface area contributed by atoms with Crippen molar-refractivity contribution < 1.29 is 9.90 Å². The van der Waals surface area contributed by atoms with Crippen LogP contribution in [-0.4, -0.2) is 40.6 Å². The lowest BCUT2D eigenvalue weighted by molar-refractivity contribution is -0.133. The number of anilines is 1. The van der Waals surface area contributed by atoms with Crippen molar-refractivity contribution in [3.8, 4) is 0 Å². The fraction of sp³-hybridized carbons (Fsp3) is 0.667. The number of hydrogen-bond donors (Lipinski definition) is 1. The molecule has 0 spiro atoms. The minimum Gasteiger partial charge on any atom is -0.481 e. The van der Waals surface area contributed by atoms with E-state index in [1.54, 1.807) is 0 Å². The average molecular weight is 259 g/mol. The third kappa shape index (κ3) is 3.34. The molecular formula is C9H13N3O2S2. The molecule has 0 atom stereocenters. The van der Waals surface area contributed by atoms with Gasteiger partial charge in [0.1, 0.15) is 0 Å². The van der Waals surface area contributed by atoms with Gasteiger partial charge in [-0.1, -0.05) is 23.1 Å². The lowest BCUT2D eigenvalue weighted by Crippen LogP contribution is -2.19. The van der Waals surface area contributed by atoms with Gasteiger partial charge in [0.05, 0.1) is 5.75 Å². The molecule has 7 heteroatoms. The van der Waals surface area contributed by atoms with Crippen LogP contribution in [0.3, 0.4) is 0 Å². The van der Waals surface area contributed by atoms with E-state index in [0.29, 0.717) is 0 Å². The van der Waals surface area contributed by atoms with Gasteiger partial charge >= 0.3 is 5.97 Å². The van der Waals surface area contributed by atoms with E-state index in [2.05, 4.69) is 15.1 Å². The number of rotatable bonds is 6. The van der Waals surface area contributed by atoms with Crippen molar-refractivity contribution in [3.63, 3.8) is 0 Å². The highest BCUT2D eigenvalue weighted by molar-refractivity contribution is 8.01. The molecule has 88 valence electrons. The molecule has 2 rings (SSSR count). The molecule has 1 aromatic heterocycles. The molecule has 1 saturated carbocycles. The molecule has 0 aliphatic heterocycles. The summed E-state index contributed by atoms with van der Waals surface area (Å²) in [6.07, 6.45) is 2.62. The first-order valence-electron chi connectivity index (χ1n) is 5.04. The predicted octanol–water partition coefficient (Wildman–Crippen LogP) is 1.56.